The molecule has 2 heterocycles. The number of nitrogens with one attached hydrogen (secondary N) is 1. The van der Waals surface area contributed by atoms with Crippen molar-refractivity contribution in [2.24, 2.45) is 0 Å². The van der Waals surface area contributed by atoms with E-state index in [-0.39, 0.29) is 0 Å². The number of piperazine rings is 1. The molecule has 0 saturated carbocycles. The highest BCUT2D eigenvalue weighted by molar-refractivity contribution is 4.94. The minimum Gasteiger partial charge on any atom is -0.380 e. The average Bonchev–Trinajstić information content (AvgIpc) is 2.49. The van der Waals surface area contributed by atoms with Crippen LogP contribution < -0.4 is 5.43 Å². The van der Waals surface area contributed by atoms with Crippen LogP contribution in [-0.4, -0.2) is 61.9 Å². The zero-order valence-corrected chi connectivity index (χ0v) is 10.1. The zero-order valence-electron chi connectivity index (χ0n) is 10.1. The van der Waals surface area contributed by atoms with Crippen molar-refractivity contribution < 1.29 is 4.74 Å². The minimum atomic E-state index is 0.352. The Labute approximate surface area is 92.5 Å². The second-order valence-electron chi connectivity index (χ2n) is 4.78. The number of hydrazine groups is 1. The maximum atomic E-state index is 5.33. The predicted molar refractivity (Wildman–Crippen MR) is 60.6 cm³/mol. The molecular weight excluding hydrogens is 190 g/mol. The van der Waals surface area contributed by atoms with Gasteiger partial charge in [0.1, 0.15) is 0 Å². The smallest absolute Gasteiger partial charge is 0.0670 e. The van der Waals surface area contributed by atoms with Crippen LogP contribution in [0.2, 0.25) is 0 Å². The number of ether oxygens (including phenoxy) is 1. The summed E-state index contributed by atoms with van der Waals surface area (Å²) in [6.45, 7) is 5.59. The van der Waals surface area contributed by atoms with E-state index < -0.39 is 0 Å². The summed E-state index contributed by atoms with van der Waals surface area (Å²) >= 11 is 0. The summed E-state index contributed by atoms with van der Waals surface area (Å²) in [7, 11) is 3.84. The first-order valence-corrected chi connectivity index (χ1v) is 5.95. The number of hydrogen-bond donors (Lipinski definition) is 1. The monoisotopic (exact) mass is 213 g/mol. The highest BCUT2D eigenvalue weighted by atomic mass is 16.5. The van der Waals surface area contributed by atoms with Gasteiger partial charge in [0, 0.05) is 38.8 Å². The van der Waals surface area contributed by atoms with Gasteiger partial charge in [-0.2, -0.15) is 0 Å². The molecule has 2 bridgehead atoms. The Balaban J connectivity index is 1.88. The molecule has 4 nitrogen and oxygen atoms in total. The normalized spacial score (nSPS) is 34.6. The molecule has 2 rings (SSSR count). The molecule has 88 valence electrons. The van der Waals surface area contributed by atoms with Crippen molar-refractivity contribution in [2.75, 3.05) is 33.8 Å². The molecule has 0 amide bonds. The molecule has 0 aromatic rings. The Kier molecular flexibility index (Phi) is 3.61. The summed E-state index contributed by atoms with van der Waals surface area (Å²) in [5.74, 6) is 0. The van der Waals surface area contributed by atoms with Crippen molar-refractivity contribution in [3.05, 3.63) is 0 Å². The van der Waals surface area contributed by atoms with Crippen LogP contribution in [0.1, 0.15) is 19.8 Å². The molecule has 1 N–H and O–H groups in total. The van der Waals surface area contributed by atoms with Gasteiger partial charge in [-0.15, -0.1) is 0 Å². The Morgan fingerprint density at radius 2 is 1.93 bits per heavy atom. The van der Waals surface area contributed by atoms with Crippen LogP contribution in [0.3, 0.4) is 0 Å². The van der Waals surface area contributed by atoms with Crippen LogP contribution in [0.25, 0.3) is 0 Å². The van der Waals surface area contributed by atoms with Crippen LogP contribution in [0, 0.1) is 0 Å². The van der Waals surface area contributed by atoms with Gasteiger partial charge in [-0.1, -0.05) is 0 Å². The number of rotatable bonds is 4. The Bertz CT molecular complexity index is 198. The molecule has 0 spiro atoms. The van der Waals surface area contributed by atoms with Crippen LogP contribution in [-0.2, 0) is 4.74 Å². The fourth-order valence-electron chi connectivity index (χ4n) is 2.94. The molecule has 2 aliphatic heterocycles. The lowest BCUT2D eigenvalue weighted by molar-refractivity contribution is 0.00499. The zero-order chi connectivity index (χ0) is 10.8. The van der Waals surface area contributed by atoms with E-state index in [9.17, 15) is 0 Å². The summed E-state index contributed by atoms with van der Waals surface area (Å²) in [5, 5.41) is 2.44. The molecule has 2 fully saturated rings. The van der Waals surface area contributed by atoms with Crippen molar-refractivity contribution in [2.45, 2.75) is 38.0 Å². The topological polar surface area (TPSA) is 27.7 Å². The van der Waals surface area contributed by atoms with Gasteiger partial charge in [0.05, 0.1) is 6.10 Å². The van der Waals surface area contributed by atoms with Gasteiger partial charge in [-0.25, -0.2) is 5.01 Å². The third-order valence-corrected chi connectivity index (χ3v) is 3.73. The molecular formula is C11H23N3O. The molecule has 0 aromatic heterocycles. The van der Waals surface area contributed by atoms with Crippen LogP contribution >= 0.6 is 0 Å². The Hall–Kier alpha value is -0.160. The number of likely N-dealkylation sites (tertiary alicyclic amines) is 1. The second kappa shape index (κ2) is 4.78. The quantitative estimate of drug-likeness (QED) is 0.727. The summed E-state index contributed by atoms with van der Waals surface area (Å²) in [6.07, 6.45) is 3.03. The second-order valence-corrected chi connectivity index (χ2v) is 4.78. The third-order valence-electron chi connectivity index (χ3n) is 3.73. The largest absolute Gasteiger partial charge is 0.380 e. The van der Waals surface area contributed by atoms with Gasteiger partial charge >= 0.3 is 0 Å². The maximum Gasteiger partial charge on any atom is 0.0670 e. The van der Waals surface area contributed by atoms with E-state index >= 15 is 0 Å². The lowest BCUT2D eigenvalue weighted by Crippen LogP contribution is -2.58. The minimum absolute atomic E-state index is 0.352. The Morgan fingerprint density at radius 3 is 2.40 bits per heavy atom. The van der Waals surface area contributed by atoms with Crippen molar-refractivity contribution >= 4 is 0 Å². The summed E-state index contributed by atoms with van der Waals surface area (Å²) in [5.41, 5.74) is 3.33. The van der Waals surface area contributed by atoms with Gasteiger partial charge in [-0.3, -0.25) is 10.3 Å². The first kappa shape index (κ1) is 11.3. The molecule has 4 heteroatoms. The van der Waals surface area contributed by atoms with Gasteiger partial charge in [0.15, 0.2) is 0 Å². The van der Waals surface area contributed by atoms with Crippen molar-refractivity contribution in [3.63, 3.8) is 0 Å². The molecule has 0 aliphatic carbocycles. The summed E-state index contributed by atoms with van der Waals surface area (Å²) in [6, 6.07) is 1.41. The summed E-state index contributed by atoms with van der Waals surface area (Å²) in [4.78, 5) is 2.55. The van der Waals surface area contributed by atoms with E-state index in [1.807, 2.05) is 7.05 Å². The number of nitrogens with zero attached hydrogens (tertiary/aromatic N) is 2. The van der Waals surface area contributed by atoms with Crippen LogP contribution in [0.15, 0.2) is 0 Å². The first-order valence-electron chi connectivity index (χ1n) is 5.95. The fourth-order valence-corrected chi connectivity index (χ4v) is 2.94. The molecule has 3 atom stereocenters. The SMILES string of the molecule is CNN1C2CCC1CN(CC(C)OC)C2. The van der Waals surface area contributed by atoms with Crippen molar-refractivity contribution in [1.29, 1.82) is 0 Å². The molecule has 0 aromatic carbocycles. The first-order chi connectivity index (χ1) is 7.24. The van der Waals surface area contributed by atoms with Gasteiger partial charge in [-0.05, 0) is 26.8 Å². The number of methoxy groups -OCH3 is 1. The van der Waals surface area contributed by atoms with Gasteiger partial charge < -0.3 is 4.74 Å². The fraction of sp³-hybridized carbons (Fsp3) is 1.00. The standard InChI is InChI=1S/C11H23N3O/c1-9(15-3)6-13-7-10-4-5-11(8-13)14(10)12-2/h9-12H,4-8H2,1-3H3. The van der Waals surface area contributed by atoms with Crippen LogP contribution in [0.5, 0.6) is 0 Å². The van der Waals surface area contributed by atoms with Gasteiger partial charge in [0.25, 0.3) is 0 Å². The van der Waals surface area contributed by atoms with Crippen LogP contribution in [0.4, 0.5) is 0 Å². The average molecular weight is 213 g/mol. The number of fused-ring (bicyclic) bond motifs is 2. The highest BCUT2D eigenvalue weighted by Gasteiger charge is 2.39. The van der Waals surface area contributed by atoms with E-state index in [4.69, 9.17) is 4.74 Å². The third kappa shape index (κ3) is 2.33. The molecule has 15 heavy (non-hydrogen) atoms. The maximum absolute atomic E-state index is 5.33. The molecule has 2 aliphatic rings. The van der Waals surface area contributed by atoms with E-state index in [2.05, 4.69) is 22.3 Å². The number of hydrogen-bond acceptors (Lipinski definition) is 4. The van der Waals surface area contributed by atoms with E-state index in [1.165, 1.54) is 25.9 Å². The molecule has 3 unspecified atom stereocenters. The van der Waals surface area contributed by atoms with E-state index in [1.54, 1.807) is 7.11 Å². The molecule has 2 saturated heterocycles. The predicted octanol–water partition coefficient (Wildman–Crippen LogP) is 0.304. The van der Waals surface area contributed by atoms with Crippen molar-refractivity contribution in [1.82, 2.24) is 15.3 Å². The summed E-state index contributed by atoms with van der Waals surface area (Å²) < 4.78 is 5.33. The van der Waals surface area contributed by atoms with E-state index in [0.29, 0.717) is 18.2 Å². The van der Waals surface area contributed by atoms with Crippen molar-refractivity contribution in [3.8, 4) is 0 Å². The lowest BCUT2D eigenvalue weighted by atomic mass is 10.2. The van der Waals surface area contributed by atoms with E-state index in [0.717, 1.165) is 6.54 Å². The Morgan fingerprint density at radius 1 is 1.33 bits per heavy atom. The highest BCUT2D eigenvalue weighted by Crippen LogP contribution is 2.28. The molecule has 0 radical (unpaired) electrons. The lowest BCUT2D eigenvalue weighted by Gasteiger charge is -2.41. The van der Waals surface area contributed by atoms with Gasteiger partial charge in [0.2, 0.25) is 0 Å².